The fourth-order valence-corrected chi connectivity index (χ4v) is 3.75. The molecule has 1 aliphatic rings. The van der Waals surface area contributed by atoms with Crippen LogP contribution in [0.5, 0.6) is 0 Å². The number of aliphatic imine (C=N–C) groups is 1. The first-order valence-electron chi connectivity index (χ1n) is 9.50. The highest BCUT2D eigenvalue weighted by atomic mass is 35.5. The fraction of sp³-hybridized carbons (Fsp3) is 0.130. The maximum atomic E-state index is 13.3. The summed E-state index contributed by atoms with van der Waals surface area (Å²) in [6.45, 7) is 0. The van der Waals surface area contributed by atoms with Crippen LogP contribution in [0.25, 0.3) is 0 Å². The van der Waals surface area contributed by atoms with Gasteiger partial charge in [0.05, 0.1) is 16.3 Å². The third-order valence-electron chi connectivity index (χ3n) is 5.22. The number of likely N-dealkylation sites (N-methyl/N-ethyl adjacent to an activating group) is 1. The highest BCUT2D eigenvalue weighted by Gasteiger charge is 2.35. The number of non-ortho nitro benzene ring substituents is 1. The number of carbonyl (C=O) groups is 1. The number of rotatable bonds is 4. The fourth-order valence-electron chi connectivity index (χ4n) is 3.58. The Balaban J connectivity index is 1.85. The van der Waals surface area contributed by atoms with Gasteiger partial charge < -0.3 is 10.0 Å². The molecular formula is C23H18ClN3O4. The lowest BCUT2D eigenvalue weighted by Crippen LogP contribution is -2.38. The van der Waals surface area contributed by atoms with Crippen molar-refractivity contribution in [2.24, 2.45) is 4.99 Å². The third-order valence-corrected chi connectivity index (χ3v) is 5.45. The maximum Gasteiger partial charge on any atom is 0.269 e. The molecule has 4 rings (SSSR count). The van der Waals surface area contributed by atoms with Crippen LogP contribution in [-0.4, -0.2) is 34.7 Å². The van der Waals surface area contributed by atoms with Crippen molar-refractivity contribution in [2.75, 3.05) is 11.9 Å². The number of fused-ring (bicyclic) bond motifs is 1. The van der Waals surface area contributed by atoms with Gasteiger partial charge in [-0.05, 0) is 35.9 Å². The largest absolute Gasteiger partial charge is 0.386 e. The number of hydrogen-bond acceptors (Lipinski definition) is 5. The average molecular weight is 436 g/mol. The van der Waals surface area contributed by atoms with Crippen LogP contribution >= 0.6 is 11.6 Å². The number of anilines is 1. The van der Waals surface area contributed by atoms with Crippen molar-refractivity contribution in [1.29, 1.82) is 0 Å². The highest BCUT2D eigenvalue weighted by Crippen LogP contribution is 2.33. The van der Waals surface area contributed by atoms with Crippen LogP contribution in [0.1, 0.15) is 22.8 Å². The van der Waals surface area contributed by atoms with Crippen LogP contribution in [0.4, 0.5) is 11.4 Å². The number of amides is 1. The summed E-state index contributed by atoms with van der Waals surface area (Å²) in [6.07, 6.45) is -1.29. The molecule has 31 heavy (non-hydrogen) atoms. The minimum atomic E-state index is -1.29. The molecular weight excluding hydrogens is 418 g/mol. The first-order valence-corrected chi connectivity index (χ1v) is 9.88. The second-order valence-corrected chi connectivity index (χ2v) is 7.58. The Bertz CT molecular complexity index is 1180. The van der Waals surface area contributed by atoms with E-state index in [1.54, 1.807) is 25.2 Å². The summed E-state index contributed by atoms with van der Waals surface area (Å²) in [7, 11) is 1.62. The molecule has 1 aliphatic heterocycles. The predicted molar refractivity (Wildman–Crippen MR) is 119 cm³/mol. The molecule has 3 aromatic carbocycles. The van der Waals surface area contributed by atoms with E-state index in [-0.39, 0.29) is 5.69 Å². The van der Waals surface area contributed by atoms with Crippen molar-refractivity contribution in [3.63, 3.8) is 0 Å². The number of halogens is 1. The Morgan fingerprint density at radius 2 is 1.77 bits per heavy atom. The summed E-state index contributed by atoms with van der Waals surface area (Å²) in [5.74, 6) is -0.402. The van der Waals surface area contributed by atoms with Crippen LogP contribution in [0.3, 0.4) is 0 Å². The van der Waals surface area contributed by atoms with Gasteiger partial charge in [-0.15, -0.1) is 0 Å². The normalized spacial score (nSPS) is 16.9. The van der Waals surface area contributed by atoms with Crippen LogP contribution in [0, 0.1) is 10.1 Å². The van der Waals surface area contributed by atoms with Gasteiger partial charge in [0.25, 0.3) is 11.6 Å². The summed E-state index contributed by atoms with van der Waals surface area (Å²) in [6, 6.07) is 18.8. The molecule has 0 bridgehead atoms. The Morgan fingerprint density at radius 1 is 1.10 bits per heavy atom. The van der Waals surface area contributed by atoms with E-state index >= 15 is 0 Å². The topological polar surface area (TPSA) is 96.0 Å². The minimum absolute atomic E-state index is 0.101. The molecule has 0 spiro atoms. The first-order chi connectivity index (χ1) is 14.9. The van der Waals surface area contributed by atoms with Crippen molar-refractivity contribution in [3.8, 4) is 0 Å². The van der Waals surface area contributed by atoms with Crippen LogP contribution in [-0.2, 0) is 4.79 Å². The molecule has 0 radical (unpaired) electrons. The number of aliphatic hydroxyl groups is 1. The Hall–Kier alpha value is -3.55. The molecule has 2 atom stereocenters. The molecule has 7 nitrogen and oxygen atoms in total. The molecule has 1 N–H and O–H groups in total. The zero-order chi connectivity index (χ0) is 22.1. The maximum absolute atomic E-state index is 13.3. The van der Waals surface area contributed by atoms with Gasteiger partial charge in [-0.3, -0.25) is 19.9 Å². The van der Waals surface area contributed by atoms with Gasteiger partial charge >= 0.3 is 0 Å². The smallest absolute Gasteiger partial charge is 0.269 e. The molecule has 8 heteroatoms. The van der Waals surface area contributed by atoms with Crippen molar-refractivity contribution >= 4 is 34.6 Å². The lowest BCUT2D eigenvalue weighted by Gasteiger charge is -2.23. The zero-order valence-corrected chi connectivity index (χ0v) is 17.2. The number of nitrogens with zero attached hydrogens (tertiary/aromatic N) is 3. The van der Waals surface area contributed by atoms with E-state index in [0.29, 0.717) is 27.5 Å². The number of nitro groups is 1. The summed E-state index contributed by atoms with van der Waals surface area (Å²) in [5.41, 5.74) is 2.86. The van der Waals surface area contributed by atoms with Gasteiger partial charge in [0.15, 0.2) is 6.04 Å². The quantitative estimate of drug-likeness (QED) is 0.491. The molecule has 3 aromatic rings. The van der Waals surface area contributed by atoms with Gasteiger partial charge in [-0.2, -0.15) is 0 Å². The van der Waals surface area contributed by atoms with Crippen molar-refractivity contribution in [2.45, 2.75) is 12.1 Å². The summed E-state index contributed by atoms with van der Waals surface area (Å²) in [4.78, 5) is 29.8. The molecule has 0 aliphatic carbocycles. The Labute approximate surface area is 183 Å². The standard InChI is InChI=1S/C23H18ClN3O4/c1-26-19-12-9-16(24)13-18(19)20(14-5-3-2-4-6-14)25-21(23(26)29)22(28)15-7-10-17(11-8-15)27(30)31/h2-13,21-22,28H,1H3/t21-,22-/m0/s1. The van der Waals surface area contributed by atoms with Gasteiger partial charge in [0.2, 0.25) is 0 Å². The van der Waals surface area contributed by atoms with Gasteiger partial charge in [0.1, 0.15) is 6.10 Å². The van der Waals surface area contributed by atoms with E-state index in [2.05, 4.69) is 4.99 Å². The van der Waals surface area contributed by atoms with Gasteiger partial charge in [-0.1, -0.05) is 41.9 Å². The number of aliphatic hydroxyl groups excluding tert-OH is 1. The molecule has 1 amide bonds. The van der Waals surface area contributed by atoms with Crippen LogP contribution in [0.15, 0.2) is 77.8 Å². The first kappa shape index (κ1) is 20.7. The van der Waals surface area contributed by atoms with Crippen molar-refractivity contribution in [3.05, 3.63) is 105 Å². The molecule has 0 saturated heterocycles. The molecule has 0 saturated carbocycles. The Morgan fingerprint density at radius 3 is 2.42 bits per heavy atom. The molecule has 0 fully saturated rings. The molecule has 156 valence electrons. The van der Waals surface area contributed by atoms with Crippen LogP contribution in [0.2, 0.25) is 5.02 Å². The minimum Gasteiger partial charge on any atom is -0.386 e. The van der Waals surface area contributed by atoms with Crippen molar-refractivity contribution < 1.29 is 14.8 Å². The van der Waals surface area contributed by atoms with E-state index in [0.717, 1.165) is 5.56 Å². The number of nitro benzene ring substituents is 1. The zero-order valence-electron chi connectivity index (χ0n) is 16.5. The van der Waals surface area contributed by atoms with E-state index in [4.69, 9.17) is 11.6 Å². The van der Waals surface area contributed by atoms with Crippen molar-refractivity contribution in [1.82, 2.24) is 0 Å². The van der Waals surface area contributed by atoms with Crippen LogP contribution < -0.4 is 4.90 Å². The van der Waals surface area contributed by atoms with E-state index in [1.165, 1.54) is 29.2 Å². The summed E-state index contributed by atoms with van der Waals surface area (Å²) >= 11 is 6.24. The second-order valence-electron chi connectivity index (χ2n) is 7.14. The van der Waals surface area contributed by atoms with E-state index < -0.39 is 23.0 Å². The molecule has 0 aromatic heterocycles. The highest BCUT2D eigenvalue weighted by molar-refractivity contribution is 6.32. The summed E-state index contributed by atoms with van der Waals surface area (Å²) < 4.78 is 0. The predicted octanol–water partition coefficient (Wildman–Crippen LogP) is 4.16. The van der Waals surface area contributed by atoms with E-state index in [9.17, 15) is 20.0 Å². The van der Waals surface area contributed by atoms with Gasteiger partial charge in [-0.25, -0.2) is 0 Å². The second kappa shape index (κ2) is 8.29. The lowest BCUT2D eigenvalue weighted by atomic mass is 9.99. The molecule has 0 unspecified atom stereocenters. The SMILES string of the molecule is CN1C(=O)[C@H]([C@@H](O)c2ccc([N+](=O)[O-])cc2)N=C(c2ccccc2)c2cc(Cl)ccc21. The Kier molecular flexibility index (Phi) is 5.54. The van der Waals surface area contributed by atoms with Gasteiger partial charge in [0, 0.05) is 35.3 Å². The lowest BCUT2D eigenvalue weighted by molar-refractivity contribution is -0.384. The third kappa shape index (κ3) is 3.93. The number of carbonyl (C=O) groups excluding carboxylic acids is 1. The number of benzene rings is 3. The van der Waals surface area contributed by atoms with E-state index in [1.807, 2.05) is 30.3 Å². The molecule has 1 heterocycles. The average Bonchev–Trinajstić information content (AvgIpc) is 2.89. The summed E-state index contributed by atoms with van der Waals surface area (Å²) in [5, 5.41) is 22.5. The monoisotopic (exact) mass is 435 g/mol. The number of hydrogen-bond donors (Lipinski definition) is 1. The number of benzodiazepines with no additional fused rings is 1.